The van der Waals surface area contributed by atoms with Gasteiger partial charge in [-0.1, -0.05) is 17.7 Å². The summed E-state index contributed by atoms with van der Waals surface area (Å²) in [5.74, 6) is 0. The summed E-state index contributed by atoms with van der Waals surface area (Å²) in [6, 6.07) is 7.52. The number of aryl methyl sites for hydroxylation is 1. The fourth-order valence-electron chi connectivity index (χ4n) is 0.690. The van der Waals surface area contributed by atoms with Crippen LogP contribution in [0.5, 0.6) is 0 Å². The Bertz CT molecular complexity index is 243. The molecule has 1 aromatic rings. The van der Waals surface area contributed by atoms with Gasteiger partial charge in [0.15, 0.2) is 0 Å². The van der Waals surface area contributed by atoms with Gasteiger partial charge in [-0.05, 0) is 19.1 Å². The van der Waals surface area contributed by atoms with Gasteiger partial charge in [0.1, 0.15) is 0 Å². The first-order valence-corrected chi connectivity index (χ1v) is 4.30. The smallest absolute Gasteiger partial charge is 0.290 e. The molecule has 0 fully saturated rings. The van der Waals surface area contributed by atoms with Crippen molar-refractivity contribution in [3.05, 3.63) is 36.1 Å². The fourth-order valence-corrected chi connectivity index (χ4v) is 1.13. The molecule has 0 amide bonds. The van der Waals surface area contributed by atoms with Crippen LogP contribution in [0.15, 0.2) is 29.2 Å². The minimum atomic E-state index is -1.09. The molecule has 1 aromatic carbocycles. The zero-order valence-electron chi connectivity index (χ0n) is 6.83. The van der Waals surface area contributed by atoms with Crippen molar-refractivity contribution in [3.8, 4) is 0 Å². The molecule has 1 rings (SSSR count). The zero-order valence-corrected chi connectivity index (χ0v) is 7.65. The molecule has 0 bridgehead atoms. The second kappa shape index (κ2) is 4.77. The Kier molecular flexibility index (Phi) is 4.75. The van der Waals surface area contributed by atoms with Crippen molar-refractivity contribution in [1.82, 2.24) is 0 Å². The van der Waals surface area contributed by atoms with E-state index in [0.717, 1.165) is 4.90 Å². The normalized spacial score (nSPS) is 11.8. The number of benzene rings is 1. The molecule has 11 heavy (non-hydrogen) atoms. The van der Waals surface area contributed by atoms with Crippen LogP contribution in [0.1, 0.15) is 5.56 Å². The van der Waals surface area contributed by atoms with Crippen molar-refractivity contribution >= 4 is 10.8 Å². The van der Waals surface area contributed by atoms with Gasteiger partial charge < -0.3 is 0 Å². The third kappa shape index (κ3) is 3.24. The molecule has 0 radical (unpaired) electrons. The molecule has 0 saturated heterocycles. The SMILES string of the molecule is [CH2-][S@@](=O)c1ccc(C)cc1.[Li+]. The molecule has 3 heteroatoms. The van der Waals surface area contributed by atoms with Crippen LogP contribution in [0.25, 0.3) is 0 Å². The maximum Gasteiger partial charge on any atom is 1.00 e. The third-order valence-electron chi connectivity index (χ3n) is 1.28. The fraction of sp³-hybridized carbons (Fsp3) is 0.125. The summed E-state index contributed by atoms with van der Waals surface area (Å²) >= 11 is 0. The van der Waals surface area contributed by atoms with Crippen molar-refractivity contribution in [2.24, 2.45) is 0 Å². The number of rotatable bonds is 1. The molecule has 0 spiro atoms. The van der Waals surface area contributed by atoms with Crippen LogP contribution in [0.3, 0.4) is 0 Å². The largest absolute Gasteiger partial charge is 1.00 e. The maximum atomic E-state index is 10.8. The first-order chi connectivity index (χ1) is 4.70. The molecule has 1 nitrogen and oxygen atoms in total. The molecule has 0 aromatic heterocycles. The first-order valence-electron chi connectivity index (χ1n) is 2.98. The summed E-state index contributed by atoms with van der Waals surface area (Å²) in [7, 11) is -1.09. The molecule has 54 valence electrons. The van der Waals surface area contributed by atoms with E-state index in [0.29, 0.717) is 0 Å². The van der Waals surface area contributed by atoms with E-state index in [9.17, 15) is 4.21 Å². The minimum absolute atomic E-state index is 0. The predicted molar refractivity (Wildman–Crippen MR) is 42.9 cm³/mol. The summed E-state index contributed by atoms with van der Waals surface area (Å²) in [5, 5.41) is 0. The van der Waals surface area contributed by atoms with Crippen LogP contribution < -0.4 is 18.9 Å². The molecule has 0 unspecified atom stereocenters. The molecular formula is C8H9LiOS. The Hall–Kier alpha value is -0.0326. The summed E-state index contributed by atoms with van der Waals surface area (Å²) in [6.45, 7) is 2.00. The van der Waals surface area contributed by atoms with Gasteiger partial charge in [-0.25, -0.2) is 6.26 Å². The van der Waals surface area contributed by atoms with E-state index in [1.54, 1.807) is 0 Å². The maximum absolute atomic E-state index is 10.8. The Morgan fingerprint density at radius 2 is 1.73 bits per heavy atom. The van der Waals surface area contributed by atoms with E-state index in [2.05, 4.69) is 6.26 Å². The summed E-state index contributed by atoms with van der Waals surface area (Å²) in [6.07, 6.45) is 3.41. The van der Waals surface area contributed by atoms with Gasteiger partial charge >= 0.3 is 18.9 Å². The Morgan fingerprint density at radius 1 is 1.27 bits per heavy atom. The molecule has 0 N–H and O–H groups in total. The van der Waals surface area contributed by atoms with Crippen molar-refractivity contribution in [1.29, 1.82) is 0 Å². The van der Waals surface area contributed by atoms with Crippen LogP contribution in [0.4, 0.5) is 0 Å². The minimum Gasteiger partial charge on any atom is -0.290 e. The molecular weight excluding hydrogens is 151 g/mol. The average Bonchev–Trinajstić information content (AvgIpc) is 1.88. The van der Waals surface area contributed by atoms with Crippen LogP contribution in [0.2, 0.25) is 0 Å². The van der Waals surface area contributed by atoms with Gasteiger partial charge in [0.2, 0.25) is 0 Å². The van der Waals surface area contributed by atoms with E-state index < -0.39 is 10.8 Å². The summed E-state index contributed by atoms with van der Waals surface area (Å²) in [4.78, 5) is 0.783. The second-order valence-corrected chi connectivity index (χ2v) is 3.32. The molecule has 1 atom stereocenters. The molecule has 0 aliphatic heterocycles. The van der Waals surface area contributed by atoms with Crippen molar-refractivity contribution in [2.45, 2.75) is 11.8 Å². The van der Waals surface area contributed by atoms with E-state index in [4.69, 9.17) is 0 Å². The monoisotopic (exact) mass is 160 g/mol. The van der Waals surface area contributed by atoms with Gasteiger partial charge in [-0.2, -0.15) is 0 Å². The van der Waals surface area contributed by atoms with E-state index in [-0.39, 0.29) is 18.9 Å². The van der Waals surface area contributed by atoms with Crippen molar-refractivity contribution in [2.75, 3.05) is 0 Å². The number of hydrogen-bond donors (Lipinski definition) is 0. The molecule has 0 saturated carbocycles. The van der Waals surface area contributed by atoms with Crippen LogP contribution >= 0.6 is 0 Å². The van der Waals surface area contributed by atoms with Crippen molar-refractivity contribution in [3.63, 3.8) is 0 Å². The third-order valence-corrected chi connectivity index (χ3v) is 2.08. The van der Waals surface area contributed by atoms with Gasteiger partial charge in [-0.15, -0.1) is 10.8 Å². The van der Waals surface area contributed by atoms with E-state index in [1.165, 1.54) is 5.56 Å². The molecule has 0 aliphatic carbocycles. The Morgan fingerprint density at radius 3 is 2.09 bits per heavy atom. The molecule has 0 heterocycles. The van der Waals surface area contributed by atoms with Crippen LogP contribution in [-0.2, 0) is 10.8 Å². The topological polar surface area (TPSA) is 17.1 Å². The molecule has 0 aliphatic rings. The Labute approximate surface area is 81.8 Å². The zero-order chi connectivity index (χ0) is 7.56. The van der Waals surface area contributed by atoms with Gasteiger partial charge in [0.05, 0.1) is 0 Å². The van der Waals surface area contributed by atoms with Gasteiger partial charge in [-0.3, -0.25) is 4.21 Å². The van der Waals surface area contributed by atoms with Crippen LogP contribution in [-0.4, -0.2) is 4.21 Å². The second-order valence-electron chi connectivity index (χ2n) is 2.16. The summed E-state index contributed by atoms with van der Waals surface area (Å²) < 4.78 is 10.8. The predicted octanol–water partition coefficient (Wildman–Crippen LogP) is -1.10. The quantitative estimate of drug-likeness (QED) is 0.376. The Balaban J connectivity index is 0.000001000. The van der Waals surface area contributed by atoms with Crippen LogP contribution in [0, 0.1) is 13.2 Å². The first kappa shape index (κ1) is 11.0. The number of hydrogen-bond acceptors (Lipinski definition) is 1. The van der Waals surface area contributed by atoms with E-state index in [1.807, 2.05) is 31.2 Å². The van der Waals surface area contributed by atoms with E-state index >= 15 is 0 Å². The van der Waals surface area contributed by atoms with Gasteiger partial charge in [0.25, 0.3) is 0 Å². The van der Waals surface area contributed by atoms with Gasteiger partial charge in [0, 0.05) is 4.90 Å². The standard InChI is InChI=1S/C8H9OS.Li/c1-7-3-5-8(6-4-7)10(2)9;/h3-6H,2H2,1H3;/q-1;+1/t10-;/m1./s1. The summed E-state index contributed by atoms with van der Waals surface area (Å²) in [5.41, 5.74) is 1.18. The average molecular weight is 160 g/mol. The van der Waals surface area contributed by atoms with Crippen molar-refractivity contribution < 1.29 is 23.1 Å².